The van der Waals surface area contributed by atoms with Crippen LogP contribution in [0.3, 0.4) is 0 Å². The molecule has 2 heterocycles. The van der Waals surface area contributed by atoms with Crippen molar-refractivity contribution in [2.24, 2.45) is 5.92 Å². The quantitative estimate of drug-likeness (QED) is 0.290. The number of rotatable bonds is 9. The molecule has 1 amide bonds. The summed E-state index contributed by atoms with van der Waals surface area (Å²) in [6, 6.07) is 9.47. The maximum atomic E-state index is 12.6. The van der Waals surface area contributed by atoms with Crippen LogP contribution in [-0.4, -0.2) is 57.2 Å². The summed E-state index contributed by atoms with van der Waals surface area (Å²) in [5.74, 6) is -4.29. The molecule has 0 aliphatic carbocycles. The number of alkyl halides is 3. The van der Waals surface area contributed by atoms with Crippen molar-refractivity contribution in [2.45, 2.75) is 60.5 Å². The van der Waals surface area contributed by atoms with E-state index >= 15 is 0 Å². The minimum Gasteiger partial charge on any atom is -0.481 e. The van der Waals surface area contributed by atoms with Gasteiger partial charge in [0.15, 0.2) is 12.1 Å². The monoisotopic (exact) mass is 521 g/mol. The molecular formula is C22H26Cl3NO7. The SMILES string of the molecule is C=C[C@@]1(NC(=O)C(Cl)(Cl)Cl)[C@H]2OC(C)(C)O[C@H]2O[C@H]1[C@@H](CCOCc1ccccc1)C(=O)O. The molecule has 2 saturated heterocycles. The van der Waals surface area contributed by atoms with Crippen LogP contribution in [0.5, 0.6) is 0 Å². The molecule has 2 aliphatic heterocycles. The fourth-order valence-electron chi connectivity index (χ4n) is 4.07. The van der Waals surface area contributed by atoms with E-state index < -0.39 is 51.4 Å². The lowest BCUT2D eigenvalue weighted by Gasteiger charge is -2.39. The van der Waals surface area contributed by atoms with Crippen molar-refractivity contribution in [3.63, 3.8) is 0 Å². The van der Waals surface area contributed by atoms with Gasteiger partial charge in [-0.25, -0.2) is 0 Å². The number of carboxylic acid groups (broad SMARTS) is 1. The largest absolute Gasteiger partial charge is 0.481 e. The predicted octanol–water partition coefficient (Wildman–Crippen LogP) is 3.58. The lowest BCUT2D eigenvalue weighted by molar-refractivity contribution is -0.218. The van der Waals surface area contributed by atoms with Crippen LogP contribution >= 0.6 is 34.8 Å². The third-order valence-corrected chi connectivity index (χ3v) is 6.09. The van der Waals surface area contributed by atoms with Gasteiger partial charge in [-0.2, -0.15) is 0 Å². The molecule has 0 radical (unpaired) electrons. The summed E-state index contributed by atoms with van der Waals surface area (Å²) < 4.78 is 21.1. The number of nitrogens with one attached hydrogen (secondary N) is 1. The van der Waals surface area contributed by atoms with Gasteiger partial charge in [0, 0.05) is 6.61 Å². The molecule has 0 unspecified atom stereocenters. The summed E-state index contributed by atoms with van der Waals surface area (Å²) in [5, 5.41) is 12.6. The Morgan fingerprint density at radius 3 is 2.52 bits per heavy atom. The number of carbonyl (C=O) groups excluding carboxylic acids is 1. The van der Waals surface area contributed by atoms with Crippen LogP contribution in [0.4, 0.5) is 0 Å². The van der Waals surface area contributed by atoms with Crippen LogP contribution in [0.2, 0.25) is 0 Å². The molecule has 1 aromatic rings. The number of hydrogen-bond donors (Lipinski definition) is 2. The predicted molar refractivity (Wildman–Crippen MR) is 122 cm³/mol. The van der Waals surface area contributed by atoms with Crippen molar-refractivity contribution in [1.29, 1.82) is 0 Å². The molecule has 5 atom stereocenters. The molecular weight excluding hydrogens is 497 g/mol. The first kappa shape index (κ1) is 26.2. The summed E-state index contributed by atoms with van der Waals surface area (Å²) in [6.45, 7) is 7.58. The van der Waals surface area contributed by atoms with Gasteiger partial charge < -0.3 is 29.4 Å². The number of amides is 1. The molecule has 2 N–H and O–H groups in total. The van der Waals surface area contributed by atoms with Crippen LogP contribution in [0.1, 0.15) is 25.8 Å². The van der Waals surface area contributed by atoms with Crippen LogP contribution in [-0.2, 0) is 35.1 Å². The lowest BCUT2D eigenvalue weighted by Crippen LogP contribution is -2.64. The summed E-state index contributed by atoms with van der Waals surface area (Å²) >= 11 is 17.3. The zero-order valence-electron chi connectivity index (χ0n) is 18.1. The number of ether oxygens (including phenoxy) is 4. The molecule has 0 bridgehead atoms. The topological polar surface area (TPSA) is 103 Å². The molecule has 11 heteroatoms. The number of benzene rings is 1. The first-order chi connectivity index (χ1) is 15.4. The van der Waals surface area contributed by atoms with E-state index in [0.717, 1.165) is 5.56 Å². The van der Waals surface area contributed by atoms with Crippen molar-refractivity contribution in [2.75, 3.05) is 6.61 Å². The van der Waals surface area contributed by atoms with Crippen molar-refractivity contribution in [3.05, 3.63) is 48.6 Å². The van der Waals surface area contributed by atoms with E-state index in [1.165, 1.54) is 6.08 Å². The van der Waals surface area contributed by atoms with E-state index in [0.29, 0.717) is 6.61 Å². The van der Waals surface area contributed by atoms with Gasteiger partial charge in [-0.3, -0.25) is 9.59 Å². The van der Waals surface area contributed by atoms with Gasteiger partial charge in [-0.15, -0.1) is 6.58 Å². The van der Waals surface area contributed by atoms with Crippen molar-refractivity contribution < 1.29 is 33.6 Å². The Morgan fingerprint density at radius 1 is 1.27 bits per heavy atom. The summed E-state index contributed by atoms with van der Waals surface area (Å²) in [5.41, 5.74) is -0.586. The molecule has 1 aromatic carbocycles. The van der Waals surface area contributed by atoms with Gasteiger partial charge in [0.05, 0.1) is 12.5 Å². The van der Waals surface area contributed by atoms with Gasteiger partial charge in [-0.1, -0.05) is 71.2 Å². The molecule has 0 saturated carbocycles. The van der Waals surface area contributed by atoms with Crippen LogP contribution in [0.15, 0.2) is 43.0 Å². The molecule has 2 aliphatic rings. The average Bonchev–Trinajstić information content (AvgIpc) is 3.18. The van der Waals surface area contributed by atoms with E-state index in [1.54, 1.807) is 13.8 Å². The number of carboxylic acids is 1. The van der Waals surface area contributed by atoms with Gasteiger partial charge in [0.25, 0.3) is 9.70 Å². The highest BCUT2D eigenvalue weighted by atomic mass is 35.6. The zero-order chi connectivity index (χ0) is 24.4. The number of carbonyl (C=O) groups is 2. The second-order valence-corrected chi connectivity index (χ2v) is 10.6. The van der Waals surface area contributed by atoms with E-state index in [1.807, 2.05) is 30.3 Å². The van der Waals surface area contributed by atoms with Crippen molar-refractivity contribution >= 4 is 46.7 Å². The van der Waals surface area contributed by atoms with Gasteiger partial charge in [0.2, 0.25) is 0 Å². The molecule has 3 rings (SSSR count). The lowest BCUT2D eigenvalue weighted by atomic mass is 9.80. The second-order valence-electron chi connectivity index (χ2n) is 8.34. The molecule has 0 spiro atoms. The van der Waals surface area contributed by atoms with Crippen molar-refractivity contribution in [3.8, 4) is 0 Å². The minimum absolute atomic E-state index is 0.0783. The van der Waals surface area contributed by atoms with E-state index in [2.05, 4.69) is 11.9 Å². The summed E-state index contributed by atoms with van der Waals surface area (Å²) in [7, 11) is 0. The highest BCUT2D eigenvalue weighted by Gasteiger charge is 2.66. The Kier molecular flexibility index (Phi) is 8.01. The second kappa shape index (κ2) is 10.1. The average molecular weight is 523 g/mol. The highest BCUT2D eigenvalue weighted by Crippen LogP contribution is 2.47. The Labute approximate surface area is 207 Å². The number of hydrogen-bond acceptors (Lipinski definition) is 6. The van der Waals surface area contributed by atoms with E-state index in [9.17, 15) is 14.7 Å². The summed E-state index contributed by atoms with van der Waals surface area (Å²) in [4.78, 5) is 24.9. The fourth-order valence-corrected chi connectivity index (χ4v) is 4.21. The molecule has 0 aromatic heterocycles. The van der Waals surface area contributed by atoms with Crippen LogP contribution < -0.4 is 5.32 Å². The number of fused-ring (bicyclic) bond motifs is 1. The Hall–Kier alpha value is -1.39. The van der Waals surface area contributed by atoms with Crippen LogP contribution in [0, 0.1) is 5.92 Å². The van der Waals surface area contributed by atoms with Gasteiger partial charge in [0.1, 0.15) is 17.7 Å². The van der Waals surface area contributed by atoms with E-state index in [4.69, 9.17) is 53.8 Å². The van der Waals surface area contributed by atoms with Gasteiger partial charge >= 0.3 is 5.97 Å². The van der Waals surface area contributed by atoms with E-state index in [-0.39, 0.29) is 13.0 Å². The highest BCUT2D eigenvalue weighted by molar-refractivity contribution is 6.76. The smallest absolute Gasteiger partial charge is 0.309 e. The minimum atomic E-state index is -2.30. The maximum Gasteiger partial charge on any atom is 0.309 e. The zero-order valence-corrected chi connectivity index (χ0v) is 20.4. The Morgan fingerprint density at radius 2 is 1.94 bits per heavy atom. The Balaban J connectivity index is 1.82. The first-order valence-corrected chi connectivity index (χ1v) is 11.4. The maximum absolute atomic E-state index is 12.6. The van der Waals surface area contributed by atoms with Crippen molar-refractivity contribution in [1.82, 2.24) is 5.32 Å². The fraction of sp³-hybridized carbons (Fsp3) is 0.545. The third kappa shape index (κ3) is 5.82. The van der Waals surface area contributed by atoms with Gasteiger partial charge in [-0.05, 0) is 25.8 Å². The third-order valence-electron chi connectivity index (χ3n) is 5.57. The molecule has 182 valence electrons. The number of aliphatic carboxylic acids is 1. The number of halogens is 3. The Bertz CT molecular complexity index is 876. The first-order valence-electron chi connectivity index (χ1n) is 10.3. The van der Waals surface area contributed by atoms with Crippen LogP contribution in [0.25, 0.3) is 0 Å². The normalized spacial score (nSPS) is 29.3. The summed E-state index contributed by atoms with van der Waals surface area (Å²) in [6.07, 6.45) is -1.59. The standard InChI is InChI=1S/C22H26Cl3NO7/c1-4-21(26-19(29)22(23,24)25)15(31-18-16(21)32-20(2,3)33-18)14(17(27)28)10-11-30-12-13-8-6-5-7-9-13/h4-9,14-16,18H,1,10-12H2,2-3H3,(H,26,29)(H,27,28)/t14-,15+,16+,18-,21+/m1/s1. The molecule has 33 heavy (non-hydrogen) atoms. The molecule has 2 fully saturated rings. The molecule has 8 nitrogen and oxygen atoms in total.